The van der Waals surface area contributed by atoms with Crippen molar-refractivity contribution in [2.45, 2.75) is 37.5 Å². The summed E-state index contributed by atoms with van der Waals surface area (Å²) in [4.78, 5) is 24.2. The van der Waals surface area contributed by atoms with E-state index in [-0.39, 0.29) is 34.6 Å². The SMILES string of the molecule is CC(C)N(Cc1ccc(OS(=O)(=O)c2cccc(C(F)(F)F)c2)cc1)C(=O)c1ccc([N+](=O)[O-])cc1Cl. The third-order valence-corrected chi connectivity index (χ3v) is 6.77. The lowest BCUT2D eigenvalue weighted by Gasteiger charge is -2.27. The van der Waals surface area contributed by atoms with Gasteiger partial charge in [0.25, 0.3) is 11.6 Å². The second-order valence-electron chi connectivity index (χ2n) is 8.16. The normalized spacial score (nSPS) is 11.9. The van der Waals surface area contributed by atoms with Crippen molar-refractivity contribution in [3.63, 3.8) is 0 Å². The fraction of sp³-hybridized carbons (Fsp3) is 0.208. The molecule has 1 amide bonds. The Balaban J connectivity index is 1.77. The summed E-state index contributed by atoms with van der Waals surface area (Å²) in [6, 6.07) is 12.0. The van der Waals surface area contributed by atoms with Crippen LogP contribution in [0.15, 0.2) is 71.6 Å². The Morgan fingerprint density at radius 1 is 1.08 bits per heavy atom. The molecule has 0 heterocycles. The van der Waals surface area contributed by atoms with Gasteiger partial charge in [-0.15, -0.1) is 0 Å². The average Bonchev–Trinajstić information content (AvgIpc) is 2.82. The minimum atomic E-state index is -4.72. The van der Waals surface area contributed by atoms with Crippen molar-refractivity contribution in [3.8, 4) is 5.75 Å². The van der Waals surface area contributed by atoms with Gasteiger partial charge in [0.15, 0.2) is 0 Å². The lowest BCUT2D eigenvalue weighted by molar-refractivity contribution is -0.384. The van der Waals surface area contributed by atoms with E-state index in [1.54, 1.807) is 13.8 Å². The van der Waals surface area contributed by atoms with Crippen LogP contribution in [0.4, 0.5) is 18.9 Å². The second kappa shape index (κ2) is 10.8. The van der Waals surface area contributed by atoms with Crippen LogP contribution >= 0.6 is 11.6 Å². The molecule has 196 valence electrons. The van der Waals surface area contributed by atoms with Crippen molar-refractivity contribution < 1.29 is 35.5 Å². The van der Waals surface area contributed by atoms with E-state index in [1.165, 1.54) is 41.3 Å². The highest BCUT2D eigenvalue weighted by Crippen LogP contribution is 2.31. The first-order valence-corrected chi connectivity index (χ1v) is 12.4. The topological polar surface area (TPSA) is 107 Å². The molecule has 8 nitrogen and oxygen atoms in total. The van der Waals surface area contributed by atoms with Crippen molar-refractivity contribution in [1.82, 2.24) is 4.90 Å². The third kappa shape index (κ3) is 6.77. The molecule has 0 bridgehead atoms. The number of nitro groups is 1. The van der Waals surface area contributed by atoms with Crippen LogP contribution in [0.3, 0.4) is 0 Å². The molecule has 0 aliphatic rings. The van der Waals surface area contributed by atoms with E-state index in [9.17, 15) is 36.5 Å². The van der Waals surface area contributed by atoms with Crippen LogP contribution in [0.2, 0.25) is 5.02 Å². The number of halogens is 4. The largest absolute Gasteiger partial charge is 0.416 e. The van der Waals surface area contributed by atoms with Gasteiger partial charge in [0.2, 0.25) is 0 Å². The fourth-order valence-electron chi connectivity index (χ4n) is 3.28. The van der Waals surface area contributed by atoms with Crippen LogP contribution < -0.4 is 4.18 Å². The number of rotatable bonds is 8. The highest BCUT2D eigenvalue weighted by Gasteiger charge is 2.32. The number of nitro benzene ring substituents is 1. The van der Waals surface area contributed by atoms with Gasteiger partial charge in [0, 0.05) is 24.7 Å². The zero-order chi connectivity index (χ0) is 27.5. The molecular formula is C24H20ClF3N2O6S. The molecule has 0 N–H and O–H groups in total. The maximum Gasteiger partial charge on any atom is 0.416 e. The van der Waals surface area contributed by atoms with Gasteiger partial charge in [-0.05, 0) is 55.8 Å². The number of alkyl halides is 3. The van der Waals surface area contributed by atoms with Gasteiger partial charge in [0.1, 0.15) is 10.6 Å². The van der Waals surface area contributed by atoms with Gasteiger partial charge in [-0.1, -0.05) is 29.8 Å². The van der Waals surface area contributed by atoms with E-state index in [0.29, 0.717) is 11.6 Å². The molecule has 37 heavy (non-hydrogen) atoms. The first-order valence-electron chi connectivity index (χ1n) is 10.6. The van der Waals surface area contributed by atoms with E-state index >= 15 is 0 Å². The van der Waals surface area contributed by atoms with E-state index in [4.69, 9.17) is 15.8 Å². The van der Waals surface area contributed by atoms with Crippen LogP contribution in [-0.2, 0) is 22.8 Å². The maximum absolute atomic E-state index is 13.1. The number of hydrogen-bond donors (Lipinski definition) is 0. The lowest BCUT2D eigenvalue weighted by Crippen LogP contribution is -2.36. The molecule has 0 spiro atoms. The number of hydrogen-bond acceptors (Lipinski definition) is 6. The zero-order valence-electron chi connectivity index (χ0n) is 19.4. The molecule has 0 radical (unpaired) electrons. The monoisotopic (exact) mass is 556 g/mol. The minimum absolute atomic E-state index is 0.0756. The van der Waals surface area contributed by atoms with Crippen LogP contribution in [0, 0.1) is 10.1 Å². The van der Waals surface area contributed by atoms with Gasteiger partial charge in [-0.25, -0.2) is 0 Å². The Hall–Kier alpha value is -3.64. The number of nitrogens with zero attached hydrogens (tertiary/aromatic N) is 2. The standard InChI is InChI=1S/C24H20ClF3N2O6S/c1-15(2)29(23(31)21-11-8-18(30(32)33)13-22(21)25)14-16-6-9-19(10-7-16)36-37(34,35)20-5-3-4-17(12-20)24(26,27)28/h3-13,15H,14H2,1-2H3. The molecule has 0 aliphatic heterocycles. The Kier molecular flexibility index (Phi) is 8.13. The summed E-state index contributed by atoms with van der Waals surface area (Å²) in [6.45, 7) is 3.61. The average molecular weight is 557 g/mol. The number of carbonyl (C=O) groups is 1. The van der Waals surface area contributed by atoms with Crippen molar-refractivity contribution in [2.24, 2.45) is 0 Å². The molecule has 3 aromatic carbocycles. The summed E-state index contributed by atoms with van der Waals surface area (Å²) < 4.78 is 68.7. The first-order chi connectivity index (χ1) is 17.2. The number of carbonyl (C=O) groups excluding carboxylic acids is 1. The first kappa shape index (κ1) is 27.9. The molecular weight excluding hydrogens is 537 g/mol. The van der Waals surface area contributed by atoms with Gasteiger partial charge < -0.3 is 9.08 Å². The lowest BCUT2D eigenvalue weighted by atomic mass is 10.1. The Labute approximate surface area is 215 Å². The Morgan fingerprint density at radius 3 is 2.27 bits per heavy atom. The van der Waals surface area contributed by atoms with Gasteiger partial charge >= 0.3 is 16.3 Å². The Bertz CT molecular complexity index is 1430. The van der Waals surface area contributed by atoms with Crippen LogP contribution in [-0.4, -0.2) is 30.2 Å². The summed E-state index contributed by atoms with van der Waals surface area (Å²) in [6.07, 6.45) is -4.72. The maximum atomic E-state index is 13.1. The highest BCUT2D eigenvalue weighted by atomic mass is 35.5. The molecule has 0 aliphatic carbocycles. The molecule has 0 saturated heterocycles. The smallest absolute Gasteiger partial charge is 0.379 e. The van der Waals surface area contributed by atoms with Gasteiger partial charge in [-0.2, -0.15) is 21.6 Å². The number of non-ortho nitro benzene ring substituents is 1. The molecule has 0 atom stereocenters. The summed E-state index contributed by atoms with van der Waals surface area (Å²) in [5, 5.41) is 10.9. The molecule has 0 aromatic heterocycles. The van der Waals surface area contributed by atoms with Crippen LogP contribution in [0.1, 0.15) is 35.3 Å². The van der Waals surface area contributed by atoms with Crippen LogP contribution in [0.25, 0.3) is 0 Å². The molecule has 0 unspecified atom stereocenters. The quantitative estimate of drug-likeness (QED) is 0.189. The molecule has 0 fully saturated rings. The molecule has 3 rings (SSSR count). The predicted octanol–water partition coefficient (Wildman–Crippen LogP) is 6.09. The van der Waals surface area contributed by atoms with E-state index in [1.807, 2.05) is 0 Å². The summed E-state index contributed by atoms with van der Waals surface area (Å²) in [5.74, 6) is -0.607. The summed E-state index contributed by atoms with van der Waals surface area (Å²) in [5.41, 5.74) is -0.718. The molecule has 3 aromatic rings. The van der Waals surface area contributed by atoms with Crippen molar-refractivity contribution >= 4 is 33.3 Å². The number of benzene rings is 3. The van der Waals surface area contributed by atoms with Gasteiger partial charge in [-0.3, -0.25) is 14.9 Å². The Morgan fingerprint density at radius 2 is 1.73 bits per heavy atom. The molecule has 13 heteroatoms. The highest BCUT2D eigenvalue weighted by molar-refractivity contribution is 7.87. The van der Waals surface area contributed by atoms with E-state index in [0.717, 1.165) is 24.3 Å². The zero-order valence-corrected chi connectivity index (χ0v) is 21.0. The predicted molar refractivity (Wildman–Crippen MR) is 129 cm³/mol. The third-order valence-electron chi connectivity index (χ3n) is 5.21. The fourth-order valence-corrected chi connectivity index (χ4v) is 4.52. The van der Waals surface area contributed by atoms with Gasteiger partial charge in [0.05, 0.1) is 21.1 Å². The van der Waals surface area contributed by atoms with E-state index < -0.39 is 37.6 Å². The van der Waals surface area contributed by atoms with Crippen LogP contribution in [0.5, 0.6) is 5.75 Å². The summed E-state index contributed by atoms with van der Waals surface area (Å²) in [7, 11) is -4.54. The second-order valence-corrected chi connectivity index (χ2v) is 10.1. The van der Waals surface area contributed by atoms with Crippen molar-refractivity contribution in [2.75, 3.05) is 0 Å². The van der Waals surface area contributed by atoms with Crippen molar-refractivity contribution in [1.29, 1.82) is 0 Å². The minimum Gasteiger partial charge on any atom is -0.379 e. The van der Waals surface area contributed by atoms with E-state index in [2.05, 4.69) is 0 Å². The number of amides is 1. The van der Waals surface area contributed by atoms with Crippen molar-refractivity contribution in [3.05, 3.63) is 98.6 Å². The molecule has 0 saturated carbocycles. The summed E-state index contributed by atoms with van der Waals surface area (Å²) >= 11 is 6.10.